The molecule has 0 unspecified atom stereocenters. The summed E-state index contributed by atoms with van der Waals surface area (Å²) in [5, 5.41) is 0. The zero-order valence-corrected chi connectivity index (χ0v) is 13.2. The summed E-state index contributed by atoms with van der Waals surface area (Å²) in [5.41, 5.74) is -0.164. The molecule has 0 aliphatic carbocycles. The van der Waals surface area contributed by atoms with E-state index in [1.165, 1.54) is 13.2 Å². The largest absolute Gasteiger partial charge is 0.378 e. The molecule has 18 heavy (non-hydrogen) atoms. The Labute approximate surface area is 116 Å². The molecule has 0 bridgehead atoms. The Morgan fingerprint density at radius 1 is 1.44 bits per heavy atom. The number of methoxy groups -OCH3 is 1. The molecule has 1 aromatic heterocycles. The average Bonchev–Trinajstić information content (AvgIpc) is 2.17. The number of pyridine rings is 1. The Bertz CT molecular complexity index is 524. The first-order valence-electron chi connectivity index (χ1n) is 5.33. The highest BCUT2D eigenvalue weighted by Crippen LogP contribution is 2.21. The minimum absolute atomic E-state index is 0.133. The molecule has 1 heterocycles. The van der Waals surface area contributed by atoms with Gasteiger partial charge in [-0.3, -0.25) is 4.98 Å². The maximum atomic E-state index is 12.3. The summed E-state index contributed by atoms with van der Waals surface area (Å²) >= 11 is 3.22. The molecule has 0 fully saturated rings. The second kappa shape index (κ2) is 5.64. The van der Waals surface area contributed by atoms with Crippen LogP contribution in [0.2, 0.25) is 0 Å². The average molecular weight is 337 g/mol. The first-order valence-corrected chi connectivity index (χ1v) is 7.61. The summed E-state index contributed by atoms with van der Waals surface area (Å²) in [6.45, 7) is 5.50. The fraction of sp³-hybridized carbons (Fsp3) is 0.545. The van der Waals surface area contributed by atoms with Gasteiger partial charge in [0.15, 0.2) is 0 Å². The van der Waals surface area contributed by atoms with Crippen LogP contribution in [0.25, 0.3) is 0 Å². The molecule has 0 aromatic carbocycles. The minimum atomic E-state index is -3.62. The van der Waals surface area contributed by atoms with Crippen molar-refractivity contribution in [1.29, 1.82) is 0 Å². The van der Waals surface area contributed by atoms with Crippen LogP contribution < -0.4 is 4.72 Å². The molecule has 0 saturated carbocycles. The number of rotatable bonds is 4. The van der Waals surface area contributed by atoms with Crippen LogP contribution in [0.15, 0.2) is 21.6 Å². The smallest absolute Gasteiger partial charge is 0.242 e. The van der Waals surface area contributed by atoms with E-state index >= 15 is 0 Å². The second-order valence-corrected chi connectivity index (χ2v) is 7.45. The molecule has 0 saturated heterocycles. The van der Waals surface area contributed by atoms with E-state index in [1.54, 1.807) is 27.0 Å². The monoisotopic (exact) mass is 336 g/mol. The van der Waals surface area contributed by atoms with Crippen molar-refractivity contribution >= 4 is 26.0 Å². The summed E-state index contributed by atoms with van der Waals surface area (Å²) in [5.74, 6) is 0. The van der Waals surface area contributed by atoms with Crippen molar-refractivity contribution in [1.82, 2.24) is 9.71 Å². The number of hydrogen-bond acceptors (Lipinski definition) is 4. The van der Waals surface area contributed by atoms with Gasteiger partial charge in [-0.1, -0.05) is 0 Å². The predicted molar refractivity (Wildman–Crippen MR) is 72.7 cm³/mol. The van der Waals surface area contributed by atoms with Crippen molar-refractivity contribution in [3.05, 3.63) is 22.4 Å². The van der Waals surface area contributed by atoms with Gasteiger partial charge in [0, 0.05) is 23.3 Å². The van der Waals surface area contributed by atoms with E-state index in [-0.39, 0.29) is 11.5 Å². The number of aromatic nitrogens is 1. The van der Waals surface area contributed by atoms with E-state index in [2.05, 4.69) is 25.6 Å². The Morgan fingerprint density at radius 2 is 2.06 bits per heavy atom. The standard InChI is InChI=1S/C11H17BrN2O3S/c1-11(2,3)14-18(15,16)10-5-8(12)6-13-9(10)7-17-4/h5-6,14H,7H2,1-4H3. The van der Waals surface area contributed by atoms with E-state index in [1.807, 2.05) is 0 Å². The van der Waals surface area contributed by atoms with Gasteiger partial charge in [-0.25, -0.2) is 13.1 Å². The van der Waals surface area contributed by atoms with E-state index in [9.17, 15) is 8.42 Å². The highest BCUT2D eigenvalue weighted by atomic mass is 79.9. The summed E-state index contributed by atoms with van der Waals surface area (Å²) in [6, 6.07) is 1.52. The summed E-state index contributed by atoms with van der Waals surface area (Å²) in [6.07, 6.45) is 1.55. The van der Waals surface area contributed by atoms with E-state index in [0.29, 0.717) is 10.2 Å². The molecule has 0 spiro atoms. The molecular weight excluding hydrogens is 320 g/mol. The Morgan fingerprint density at radius 3 is 2.56 bits per heavy atom. The topological polar surface area (TPSA) is 68.3 Å². The molecule has 0 amide bonds. The molecule has 0 atom stereocenters. The van der Waals surface area contributed by atoms with Crippen molar-refractivity contribution in [3.8, 4) is 0 Å². The molecule has 102 valence electrons. The maximum Gasteiger partial charge on any atom is 0.242 e. The Balaban J connectivity index is 3.26. The highest BCUT2D eigenvalue weighted by Gasteiger charge is 2.25. The van der Waals surface area contributed by atoms with Crippen molar-refractivity contribution in [2.24, 2.45) is 0 Å². The number of ether oxygens (including phenoxy) is 1. The SMILES string of the molecule is COCc1ncc(Br)cc1S(=O)(=O)NC(C)(C)C. The van der Waals surface area contributed by atoms with Crippen LogP contribution in [0.5, 0.6) is 0 Å². The van der Waals surface area contributed by atoms with Crippen LogP contribution in [0.3, 0.4) is 0 Å². The Kier molecular flexibility index (Phi) is 4.88. The number of nitrogens with zero attached hydrogens (tertiary/aromatic N) is 1. The van der Waals surface area contributed by atoms with Gasteiger partial charge in [-0.15, -0.1) is 0 Å². The van der Waals surface area contributed by atoms with Gasteiger partial charge in [0.05, 0.1) is 12.3 Å². The fourth-order valence-corrected chi connectivity index (χ4v) is 3.49. The number of hydrogen-bond donors (Lipinski definition) is 1. The maximum absolute atomic E-state index is 12.3. The third-order valence-electron chi connectivity index (χ3n) is 1.91. The molecule has 1 aromatic rings. The lowest BCUT2D eigenvalue weighted by Crippen LogP contribution is -2.40. The summed E-state index contributed by atoms with van der Waals surface area (Å²) in [4.78, 5) is 4.21. The molecule has 0 aliphatic heterocycles. The van der Waals surface area contributed by atoms with E-state index in [4.69, 9.17) is 4.74 Å². The molecule has 7 heteroatoms. The van der Waals surface area contributed by atoms with E-state index < -0.39 is 15.6 Å². The normalized spacial score (nSPS) is 12.7. The molecule has 0 radical (unpaired) electrons. The zero-order chi connectivity index (χ0) is 14.0. The van der Waals surface area contributed by atoms with Gasteiger partial charge in [0.25, 0.3) is 0 Å². The lowest BCUT2D eigenvalue weighted by atomic mass is 10.1. The minimum Gasteiger partial charge on any atom is -0.378 e. The van der Waals surface area contributed by atoms with Crippen LogP contribution in [-0.4, -0.2) is 26.1 Å². The molecule has 1 N–H and O–H groups in total. The van der Waals surface area contributed by atoms with Gasteiger partial charge in [0.1, 0.15) is 4.90 Å². The zero-order valence-electron chi connectivity index (χ0n) is 10.8. The summed E-state index contributed by atoms with van der Waals surface area (Å²) in [7, 11) is -2.12. The quantitative estimate of drug-likeness (QED) is 0.913. The van der Waals surface area contributed by atoms with Gasteiger partial charge in [0.2, 0.25) is 10.0 Å². The van der Waals surface area contributed by atoms with Crippen molar-refractivity contribution in [2.45, 2.75) is 37.8 Å². The lowest BCUT2D eigenvalue weighted by molar-refractivity contribution is 0.179. The van der Waals surface area contributed by atoms with Crippen LogP contribution in [0, 0.1) is 0 Å². The molecule has 5 nitrogen and oxygen atoms in total. The van der Waals surface area contributed by atoms with Gasteiger partial charge >= 0.3 is 0 Å². The summed E-state index contributed by atoms with van der Waals surface area (Å²) < 4.78 is 32.7. The van der Waals surface area contributed by atoms with Gasteiger partial charge < -0.3 is 4.74 Å². The third-order valence-corrected chi connectivity index (χ3v) is 4.16. The van der Waals surface area contributed by atoms with E-state index in [0.717, 1.165) is 0 Å². The highest BCUT2D eigenvalue weighted by molar-refractivity contribution is 9.10. The predicted octanol–water partition coefficient (Wildman–Crippen LogP) is 2.07. The number of sulfonamides is 1. The van der Waals surface area contributed by atoms with Crippen LogP contribution >= 0.6 is 15.9 Å². The lowest BCUT2D eigenvalue weighted by Gasteiger charge is -2.21. The number of nitrogens with one attached hydrogen (secondary N) is 1. The van der Waals surface area contributed by atoms with Gasteiger partial charge in [-0.05, 0) is 42.8 Å². The van der Waals surface area contributed by atoms with Crippen molar-refractivity contribution in [3.63, 3.8) is 0 Å². The molecular formula is C11H17BrN2O3S. The first-order chi connectivity index (χ1) is 8.15. The molecule has 1 rings (SSSR count). The van der Waals surface area contributed by atoms with Crippen LogP contribution in [0.1, 0.15) is 26.5 Å². The fourth-order valence-electron chi connectivity index (χ4n) is 1.38. The van der Waals surface area contributed by atoms with Crippen molar-refractivity contribution < 1.29 is 13.2 Å². The number of halogens is 1. The van der Waals surface area contributed by atoms with Crippen LogP contribution in [-0.2, 0) is 21.4 Å². The molecule has 0 aliphatic rings. The van der Waals surface area contributed by atoms with Crippen LogP contribution in [0.4, 0.5) is 0 Å². The Hall–Kier alpha value is -0.500. The second-order valence-electron chi connectivity index (χ2n) is 4.89. The van der Waals surface area contributed by atoms with Gasteiger partial charge in [-0.2, -0.15) is 0 Å². The third kappa shape index (κ3) is 4.31. The van der Waals surface area contributed by atoms with Crippen molar-refractivity contribution in [2.75, 3.05) is 7.11 Å². The first kappa shape index (κ1) is 15.6.